The number of ether oxygens (including phenoxy) is 1. The molecule has 0 atom stereocenters. The van der Waals surface area contributed by atoms with Gasteiger partial charge in [-0.1, -0.05) is 0 Å². The van der Waals surface area contributed by atoms with Gasteiger partial charge in [0.1, 0.15) is 5.75 Å². The Bertz CT molecular complexity index is 460. The van der Waals surface area contributed by atoms with Crippen molar-refractivity contribution in [1.82, 2.24) is 10.4 Å². The quantitative estimate of drug-likeness (QED) is 0.540. The van der Waals surface area contributed by atoms with Crippen LogP contribution in [-0.4, -0.2) is 34.1 Å². The number of aromatic hydroxyl groups is 1. The van der Waals surface area contributed by atoms with Crippen molar-refractivity contribution < 1.29 is 19.7 Å². The Balaban J connectivity index is 2.86. The molecule has 1 heterocycles. The summed E-state index contributed by atoms with van der Waals surface area (Å²) in [5.74, 6) is -0.0871. The Morgan fingerprint density at radius 3 is 3.00 bits per heavy atom. The molecule has 0 saturated heterocycles. The summed E-state index contributed by atoms with van der Waals surface area (Å²) in [7, 11) is 0. The summed E-state index contributed by atoms with van der Waals surface area (Å²) in [4.78, 5) is 14.9. The van der Waals surface area contributed by atoms with Crippen LogP contribution in [0.3, 0.4) is 0 Å². The van der Waals surface area contributed by atoms with Crippen molar-refractivity contribution in [3.63, 3.8) is 0 Å². The molecular formula is C11H15N3O4. The molecular weight excluding hydrogens is 238 g/mol. The largest absolute Gasteiger partial charge is 0.505 e. The van der Waals surface area contributed by atoms with Gasteiger partial charge in [-0.15, -0.1) is 0 Å². The Morgan fingerprint density at radius 1 is 1.67 bits per heavy atom. The van der Waals surface area contributed by atoms with Gasteiger partial charge < -0.3 is 14.9 Å². The van der Waals surface area contributed by atoms with Gasteiger partial charge in [0.05, 0.1) is 25.1 Å². The van der Waals surface area contributed by atoms with E-state index in [0.717, 1.165) is 0 Å². The molecule has 0 radical (unpaired) electrons. The van der Waals surface area contributed by atoms with E-state index in [-0.39, 0.29) is 19.0 Å². The van der Waals surface area contributed by atoms with E-state index in [1.54, 1.807) is 13.8 Å². The van der Waals surface area contributed by atoms with Crippen LogP contribution in [0.4, 0.5) is 4.79 Å². The van der Waals surface area contributed by atoms with Gasteiger partial charge in [-0.3, -0.25) is 4.98 Å². The summed E-state index contributed by atoms with van der Waals surface area (Å²) in [6.45, 7) is 3.24. The molecule has 1 amide bonds. The average Bonchev–Trinajstić information content (AvgIpc) is 2.35. The number of nitrogens with zero attached hydrogens (tertiary/aromatic N) is 2. The zero-order valence-electron chi connectivity index (χ0n) is 10.2. The van der Waals surface area contributed by atoms with Crippen molar-refractivity contribution in [2.75, 3.05) is 6.61 Å². The zero-order valence-corrected chi connectivity index (χ0v) is 10.2. The first kappa shape index (κ1) is 13.9. The highest BCUT2D eigenvalue weighted by Gasteiger charge is 2.09. The zero-order chi connectivity index (χ0) is 13.5. The number of carbonyl (C=O) groups excluding carboxylic acids is 1. The lowest BCUT2D eigenvalue weighted by molar-refractivity contribution is 0.152. The second-order valence-corrected chi connectivity index (χ2v) is 3.38. The summed E-state index contributed by atoms with van der Waals surface area (Å²) in [5.41, 5.74) is 3.25. The average molecular weight is 253 g/mol. The molecule has 18 heavy (non-hydrogen) atoms. The maximum absolute atomic E-state index is 11.0. The number of rotatable bonds is 4. The van der Waals surface area contributed by atoms with Crippen LogP contribution < -0.4 is 5.43 Å². The summed E-state index contributed by atoms with van der Waals surface area (Å²) in [6, 6.07) is 0. The Labute approximate surface area is 104 Å². The van der Waals surface area contributed by atoms with E-state index >= 15 is 0 Å². The van der Waals surface area contributed by atoms with Gasteiger partial charge in [0.15, 0.2) is 0 Å². The first-order valence-corrected chi connectivity index (χ1v) is 5.34. The fraction of sp³-hybridized carbons (Fsp3) is 0.364. The minimum atomic E-state index is -0.690. The summed E-state index contributed by atoms with van der Waals surface area (Å²) in [6.07, 6.45) is 1.97. The van der Waals surface area contributed by atoms with Gasteiger partial charge in [0, 0.05) is 17.3 Å². The normalized spacial score (nSPS) is 10.6. The lowest BCUT2D eigenvalue weighted by Gasteiger charge is -2.06. The van der Waals surface area contributed by atoms with E-state index in [2.05, 4.69) is 20.2 Å². The van der Waals surface area contributed by atoms with Crippen LogP contribution in [0.5, 0.6) is 5.75 Å². The number of hydrogen-bond acceptors (Lipinski definition) is 6. The topological polar surface area (TPSA) is 104 Å². The van der Waals surface area contributed by atoms with E-state index < -0.39 is 6.09 Å². The smallest absolute Gasteiger partial charge is 0.427 e. The Hall–Kier alpha value is -2.15. The molecule has 1 aromatic rings. The van der Waals surface area contributed by atoms with Gasteiger partial charge in [-0.2, -0.15) is 5.10 Å². The molecule has 1 aromatic heterocycles. The van der Waals surface area contributed by atoms with Crippen LogP contribution in [0.15, 0.2) is 11.3 Å². The number of aliphatic hydroxyl groups is 1. The standard InChI is InChI=1S/C11H15N3O4/c1-3-18-11(17)14-13-5-9-8(6-15)4-12-7(2)10(9)16/h4-5,15-16H,3,6H2,1-2H3,(H,14,17)/b13-5+. The number of aromatic nitrogens is 1. The van der Waals surface area contributed by atoms with Gasteiger partial charge in [-0.05, 0) is 13.8 Å². The fourth-order valence-corrected chi connectivity index (χ4v) is 1.24. The number of amides is 1. The van der Waals surface area contributed by atoms with E-state index in [0.29, 0.717) is 16.8 Å². The predicted molar refractivity (Wildman–Crippen MR) is 64.3 cm³/mol. The van der Waals surface area contributed by atoms with Gasteiger partial charge in [0.25, 0.3) is 0 Å². The van der Waals surface area contributed by atoms with Crippen LogP contribution in [0.1, 0.15) is 23.7 Å². The summed E-state index contributed by atoms with van der Waals surface area (Å²) < 4.78 is 4.60. The van der Waals surface area contributed by atoms with Gasteiger partial charge >= 0.3 is 6.09 Å². The minimum Gasteiger partial charge on any atom is -0.505 e. The van der Waals surface area contributed by atoms with Crippen molar-refractivity contribution in [3.05, 3.63) is 23.0 Å². The number of nitrogens with one attached hydrogen (secondary N) is 1. The number of pyridine rings is 1. The molecule has 0 fully saturated rings. The number of hydrazone groups is 1. The molecule has 0 unspecified atom stereocenters. The van der Waals surface area contributed by atoms with Crippen LogP contribution in [0.2, 0.25) is 0 Å². The van der Waals surface area contributed by atoms with Gasteiger partial charge in [-0.25, -0.2) is 10.2 Å². The van der Waals surface area contributed by atoms with Crippen molar-refractivity contribution >= 4 is 12.3 Å². The van der Waals surface area contributed by atoms with Crippen LogP contribution >= 0.6 is 0 Å². The van der Waals surface area contributed by atoms with Crippen LogP contribution in [0.25, 0.3) is 0 Å². The second kappa shape index (κ2) is 6.55. The third-order valence-corrected chi connectivity index (χ3v) is 2.15. The molecule has 0 aromatic carbocycles. The van der Waals surface area contributed by atoms with E-state index in [1.165, 1.54) is 12.4 Å². The predicted octanol–water partition coefficient (Wildman–Crippen LogP) is 0.668. The molecule has 3 N–H and O–H groups in total. The molecule has 0 aliphatic heterocycles. The monoisotopic (exact) mass is 253 g/mol. The molecule has 0 spiro atoms. The number of aryl methyl sites for hydroxylation is 1. The number of aliphatic hydroxyl groups excluding tert-OH is 1. The third kappa shape index (κ3) is 3.42. The molecule has 7 heteroatoms. The van der Waals surface area contributed by atoms with E-state index in [4.69, 9.17) is 5.11 Å². The molecule has 0 aliphatic rings. The van der Waals surface area contributed by atoms with Crippen molar-refractivity contribution in [3.8, 4) is 5.75 Å². The molecule has 98 valence electrons. The highest BCUT2D eigenvalue weighted by atomic mass is 16.5. The van der Waals surface area contributed by atoms with E-state index in [9.17, 15) is 9.90 Å². The van der Waals surface area contributed by atoms with Crippen LogP contribution in [-0.2, 0) is 11.3 Å². The maximum atomic E-state index is 11.0. The molecule has 0 bridgehead atoms. The SMILES string of the molecule is CCOC(=O)N/N=C/c1c(CO)cnc(C)c1O. The highest BCUT2D eigenvalue weighted by molar-refractivity contribution is 5.86. The first-order chi connectivity index (χ1) is 8.60. The highest BCUT2D eigenvalue weighted by Crippen LogP contribution is 2.21. The van der Waals surface area contributed by atoms with E-state index in [1.807, 2.05) is 0 Å². The molecule has 1 rings (SSSR count). The second-order valence-electron chi connectivity index (χ2n) is 3.38. The summed E-state index contributed by atoms with van der Waals surface area (Å²) >= 11 is 0. The molecule has 7 nitrogen and oxygen atoms in total. The molecule has 0 saturated carbocycles. The number of hydrogen-bond donors (Lipinski definition) is 3. The van der Waals surface area contributed by atoms with Crippen LogP contribution in [0, 0.1) is 6.92 Å². The lowest BCUT2D eigenvalue weighted by atomic mass is 10.1. The number of carbonyl (C=O) groups is 1. The van der Waals surface area contributed by atoms with Crippen molar-refractivity contribution in [1.29, 1.82) is 0 Å². The Morgan fingerprint density at radius 2 is 2.39 bits per heavy atom. The summed E-state index contributed by atoms with van der Waals surface area (Å²) in [5, 5.41) is 22.5. The maximum Gasteiger partial charge on any atom is 0.427 e. The molecule has 0 aliphatic carbocycles. The minimum absolute atomic E-state index is 0.0871. The van der Waals surface area contributed by atoms with Crippen molar-refractivity contribution in [2.45, 2.75) is 20.5 Å². The van der Waals surface area contributed by atoms with Crippen molar-refractivity contribution in [2.24, 2.45) is 5.10 Å². The van der Waals surface area contributed by atoms with Gasteiger partial charge in [0.2, 0.25) is 0 Å². The first-order valence-electron chi connectivity index (χ1n) is 5.34. The fourth-order valence-electron chi connectivity index (χ4n) is 1.24. The Kier molecular flexibility index (Phi) is 5.06. The lowest BCUT2D eigenvalue weighted by Crippen LogP contribution is -2.18. The third-order valence-electron chi connectivity index (χ3n) is 2.15.